The van der Waals surface area contributed by atoms with Crippen LogP contribution in [0.15, 0.2) is 152 Å². The summed E-state index contributed by atoms with van der Waals surface area (Å²) >= 11 is 0. The van der Waals surface area contributed by atoms with E-state index in [0.29, 0.717) is 16.7 Å². The second-order valence-electron chi connectivity index (χ2n) is 24.1. The number of rotatable bonds is 9. The third kappa shape index (κ3) is 17.7. The standard InChI is InChI=1S/2C18H24N.2C17H22N.C16H20N/c1-12(2)16-7-8-17(14(4)10-16)18-15(5)9-13(3)11-19(18)6;1-12(2)16-7-8-17(14(4)11-16)18-15(5)13(3)9-10-19(18)6;1-6-15-7-8-16(13(3)10-15)17-14(4)9-12(2)11-18(17)5;1-6-15-7-8-16(13(3)11-15)17-14(4)12(2)9-10-18(17)5;1-11-6-7-15(13(3)10-11)16-14(4)12(2)8-9-17(16)5/h2*7-12H,1-6H3;2*7-11H,6H2,1-5H3;6-10H,1-5H3/q5*+1/i1D3,3D3,12D;1D3,12D;1D3,2D3,6D2;1D3,6D2;1D3. The Bertz CT molecular complexity index is 5030. The van der Waals surface area contributed by atoms with Gasteiger partial charge in [-0.15, -0.1) is 0 Å². The van der Waals surface area contributed by atoms with Crippen molar-refractivity contribution in [3.63, 3.8) is 0 Å². The van der Waals surface area contributed by atoms with Crippen molar-refractivity contribution in [2.75, 3.05) is 0 Å². The van der Waals surface area contributed by atoms with Crippen molar-refractivity contribution in [2.45, 2.75) is 176 Å². The van der Waals surface area contributed by atoms with E-state index < -0.39 is 72.5 Å². The van der Waals surface area contributed by atoms with E-state index in [1.165, 1.54) is 47.7 Å². The van der Waals surface area contributed by atoms with Crippen LogP contribution in [0, 0.1) is 111 Å². The summed E-state index contributed by atoms with van der Waals surface area (Å²) in [7, 11) is 9.54. The highest BCUT2D eigenvalue weighted by molar-refractivity contribution is 5.69. The van der Waals surface area contributed by atoms with Crippen molar-refractivity contribution in [3.8, 4) is 56.3 Å². The maximum Gasteiger partial charge on any atom is 0.215 e. The van der Waals surface area contributed by atoms with Crippen LogP contribution in [0.2, 0.25) is 0 Å². The molecule has 0 saturated carbocycles. The van der Waals surface area contributed by atoms with E-state index in [-0.39, 0.29) is 22.3 Å². The first-order valence-corrected chi connectivity index (χ1v) is 30.4. The molecule has 10 rings (SSSR count). The molecular formula is C86H112N5+5. The van der Waals surface area contributed by atoms with Crippen molar-refractivity contribution in [2.24, 2.45) is 35.2 Å². The molecule has 0 saturated heterocycles. The van der Waals surface area contributed by atoms with Crippen molar-refractivity contribution in [3.05, 3.63) is 264 Å². The van der Waals surface area contributed by atoms with Crippen molar-refractivity contribution in [1.29, 1.82) is 0 Å². The summed E-state index contributed by atoms with van der Waals surface area (Å²) in [5, 5.41) is 0. The van der Waals surface area contributed by atoms with Gasteiger partial charge in [-0.05, 0) is 244 Å². The van der Waals surface area contributed by atoms with Gasteiger partial charge in [0.15, 0.2) is 31.0 Å². The lowest BCUT2D eigenvalue weighted by molar-refractivity contribution is -0.661. The normalized spacial score (nSPS) is 17.8. The molecule has 10 aromatic rings. The Labute approximate surface area is 589 Å². The molecule has 91 heavy (non-hydrogen) atoms. The lowest BCUT2D eigenvalue weighted by atomic mass is 9.94. The van der Waals surface area contributed by atoms with Crippen LogP contribution in [0.1, 0.15) is 201 Å². The molecule has 2 atom stereocenters. The van der Waals surface area contributed by atoms with Crippen molar-refractivity contribution in [1.82, 2.24) is 0 Å². The second kappa shape index (κ2) is 31.7. The fourth-order valence-electron chi connectivity index (χ4n) is 11.7. The predicted octanol–water partition coefficient (Wildman–Crippen LogP) is 19.2. The molecule has 0 radical (unpaired) electrons. The van der Waals surface area contributed by atoms with E-state index in [1.807, 2.05) is 110 Å². The van der Waals surface area contributed by atoms with Gasteiger partial charge >= 0.3 is 0 Å². The van der Waals surface area contributed by atoms with Crippen LogP contribution in [0.25, 0.3) is 56.3 Å². The van der Waals surface area contributed by atoms with Crippen LogP contribution >= 0.6 is 0 Å². The molecule has 5 heterocycles. The van der Waals surface area contributed by atoms with E-state index in [4.69, 9.17) is 37.0 Å². The molecule has 0 N–H and O–H groups in total. The topological polar surface area (TPSA) is 19.4 Å². The van der Waals surface area contributed by atoms with Gasteiger partial charge < -0.3 is 0 Å². The molecule has 0 bridgehead atoms. The number of hydrogen-bond acceptors (Lipinski definition) is 0. The van der Waals surface area contributed by atoms with E-state index in [1.54, 1.807) is 115 Å². The molecule has 5 nitrogen and oxygen atoms in total. The molecular weight excluding hydrogens is 1100 g/mol. The quantitative estimate of drug-likeness (QED) is 0.128. The number of benzene rings is 5. The minimum absolute atomic E-state index is 0.0955. The Morgan fingerprint density at radius 2 is 0.637 bits per heavy atom. The Kier molecular flexibility index (Phi) is 14.7. The lowest BCUT2D eigenvalue weighted by Gasteiger charge is -2.12. The molecule has 0 amide bonds. The fraction of sp³-hybridized carbons (Fsp3) is 0.360. The van der Waals surface area contributed by atoms with Gasteiger partial charge in [0, 0.05) is 122 Å². The molecule has 5 aromatic heterocycles. The lowest BCUT2D eigenvalue weighted by Crippen LogP contribution is -2.32. The maximum atomic E-state index is 8.24. The van der Waals surface area contributed by atoms with Gasteiger partial charge in [-0.3, -0.25) is 0 Å². The number of aryl methyl sites for hydroxylation is 20. The smallest absolute Gasteiger partial charge is 0.201 e. The Morgan fingerprint density at radius 1 is 0.330 bits per heavy atom. The van der Waals surface area contributed by atoms with Gasteiger partial charge in [-0.1, -0.05) is 107 Å². The van der Waals surface area contributed by atoms with Crippen molar-refractivity contribution >= 4 is 0 Å². The van der Waals surface area contributed by atoms with Gasteiger partial charge in [0.1, 0.15) is 35.2 Å². The molecule has 0 spiro atoms. The van der Waals surface area contributed by atoms with Gasteiger partial charge in [0.05, 0.1) is 0 Å². The third-order valence-corrected chi connectivity index (χ3v) is 17.0. The van der Waals surface area contributed by atoms with Gasteiger partial charge in [-0.2, -0.15) is 0 Å². The molecule has 476 valence electrons. The van der Waals surface area contributed by atoms with Gasteiger partial charge in [-0.25, -0.2) is 22.8 Å². The summed E-state index contributed by atoms with van der Waals surface area (Å²) in [6, 6.07) is 35.4. The summed E-state index contributed by atoms with van der Waals surface area (Å²) in [4.78, 5) is 0. The minimum Gasteiger partial charge on any atom is -0.201 e. The molecule has 5 aromatic carbocycles. The van der Waals surface area contributed by atoms with Crippen molar-refractivity contribution < 1.29 is 59.8 Å². The average molecular weight is 1240 g/mol. The predicted molar refractivity (Wildman–Crippen MR) is 388 cm³/mol. The number of pyridine rings is 5. The summed E-state index contributed by atoms with van der Waals surface area (Å²) in [5.74, 6) is -3.31. The zero-order chi connectivity index (χ0) is 90.4. The van der Waals surface area contributed by atoms with Crippen LogP contribution in [0.4, 0.5) is 0 Å². The van der Waals surface area contributed by atoms with E-state index in [9.17, 15) is 0 Å². The van der Waals surface area contributed by atoms with Crippen LogP contribution in [0.5, 0.6) is 0 Å². The summed E-state index contributed by atoms with van der Waals surface area (Å²) in [6.45, 7) is 11.8. The SMILES string of the molecule is [2H]C([2H])([2H])C([2H])(C)c1ccc(-c2c(C)c(C)cc[n+]2C)c(C)c1.[2H]C([2H])([2H])C([2H])([2H])c1ccc(-c2c(C)c(C)cc[n+]2C)c(C)c1.[2H]C([2H])([2H])c1cc(C)c(-c2ccc(C([2H])(C)C([2H])([2H])[2H])cc2C)[n+](C)c1.[2H]C([2H])([2H])c1cc(C)c(-c2ccc(C([2H])([2H])C([2H])([2H])[2H])cc2C)[n+](C)c1.[2H]C([2H])([2H])c1ccc(-c2c(C)c(C)cc[n+]2C)c(C)c1. The Hall–Kier alpha value is -8.15. The Balaban J connectivity index is 0.000000230. The minimum atomic E-state index is -2.76. The van der Waals surface area contributed by atoms with E-state index >= 15 is 0 Å². The number of hydrogen-bond donors (Lipinski definition) is 0. The van der Waals surface area contributed by atoms with Gasteiger partial charge in [0.2, 0.25) is 28.5 Å². The van der Waals surface area contributed by atoms with Crippen LogP contribution in [-0.2, 0) is 48.0 Å². The molecule has 0 aliphatic rings. The molecule has 2 unspecified atom stereocenters. The fourth-order valence-corrected chi connectivity index (χ4v) is 11.7. The highest BCUT2D eigenvalue weighted by atomic mass is 14.9. The third-order valence-electron chi connectivity index (χ3n) is 17.0. The zero-order valence-corrected chi connectivity index (χ0v) is 57.2. The maximum absolute atomic E-state index is 8.24. The summed E-state index contributed by atoms with van der Waals surface area (Å²) in [6.07, 6.45) is 4.41. The Morgan fingerprint density at radius 3 is 0.934 bits per heavy atom. The van der Waals surface area contributed by atoms with Crippen LogP contribution in [0.3, 0.4) is 0 Å². The van der Waals surface area contributed by atoms with Gasteiger partial charge in [0.25, 0.3) is 0 Å². The molecule has 5 heteroatoms. The first-order chi connectivity index (χ1) is 53.5. The van der Waals surface area contributed by atoms with E-state index in [0.717, 1.165) is 101 Å². The molecule has 0 aliphatic carbocycles. The molecule has 0 fully saturated rings. The molecule has 0 aliphatic heterocycles. The monoisotopic (exact) mass is 1240 g/mol. The second-order valence-corrected chi connectivity index (χ2v) is 24.1. The average Bonchev–Trinajstić information content (AvgIpc) is 0.771. The number of nitrogens with zero attached hydrogens (tertiary/aromatic N) is 5. The summed E-state index contributed by atoms with van der Waals surface area (Å²) < 4.78 is 216. The first-order valence-electron chi connectivity index (χ1n) is 43.9. The first kappa shape index (κ1) is 42.1. The van der Waals surface area contributed by atoms with Crippen LogP contribution < -0.4 is 22.8 Å². The van der Waals surface area contributed by atoms with Crippen LogP contribution in [-0.4, -0.2) is 0 Å². The summed E-state index contributed by atoms with van der Waals surface area (Å²) in [5.41, 5.74) is 25.1. The van der Waals surface area contributed by atoms with E-state index in [2.05, 4.69) is 68.9 Å². The number of aromatic nitrogens is 5. The zero-order valence-electron chi connectivity index (χ0n) is 84.2. The highest BCUT2D eigenvalue weighted by Crippen LogP contribution is 2.32. The highest BCUT2D eigenvalue weighted by Gasteiger charge is 2.22. The largest absolute Gasteiger partial charge is 0.215 e.